The van der Waals surface area contributed by atoms with Gasteiger partial charge in [-0.05, 0) is 25.3 Å². The Morgan fingerprint density at radius 1 is 1.30 bits per heavy atom. The number of rotatable bonds is 4. The number of carbonyl (C=O) groups excluding carboxylic acids is 1. The van der Waals surface area contributed by atoms with E-state index in [1.165, 1.54) is 5.56 Å². The highest BCUT2D eigenvalue weighted by atomic mass is 16.4. The zero-order valence-electron chi connectivity index (χ0n) is 12.1. The van der Waals surface area contributed by atoms with Gasteiger partial charge in [-0.1, -0.05) is 36.8 Å². The number of likely N-dealkylation sites (tertiary alicyclic amines) is 1. The van der Waals surface area contributed by atoms with E-state index >= 15 is 0 Å². The Morgan fingerprint density at radius 2 is 1.95 bits per heavy atom. The first-order valence-corrected chi connectivity index (χ1v) is 7.03. The Morgan fingerprint density at radius 3 is 2.45 bits per heavy atom. The summed E-state index contributed by atoms with van der Waals surface area (Å²) in [5, 5.41) is 9.35. The highest BCUT2D eigenvalue weighted by Crippen LogP contribution is 2.34. The van der Waals surface area contributed by atoms with Gasteiger partial charge in [0.1, 0.15) is 0 Å². The molecule has 0 spiro atoms. The van der Waals surface area contributed by atoms with Crippen LogP contribution < -0.4 is 0 Å². The fraction of sp³-hybridized carbons (Fsp3) is 0.500. The molecule has 108 valence electrons. The summed E-state index contributed by atoms with van der Waals surface area (Å²) in [4.78, 5) is 25.3. The lowest BCUT2D eigenvalue weighted by Crippen LogP contribution is -2.37. The Bertz CT molecular complexity index is 509. The van der Waals surface area contributed by atoms with E-state index in [-0.39, 0.29) is 5.91 Å². The van der Waals surface area contributed by atoms with E-state index < -0.39 is 11.4 Å². The van der Waals surface area contributed by atoms with Gasteiger partial charge in [0.15, 0.2) is 0 Å². The van der Waals surface area contributed by atoms with Crippen molar-refractivity contribution in [1.82, 2.24) is 4.90 Å². The molecule has 1 saturated heterocycles. The molecule has 1 unspecified atom stereocenters. The largest absolute Gasteiger partial charge is 0.481 e. The molecular formula is C16H21NO3. The van der Waals surface area contributed by atoms with Gasteiger partial charge in [0, 0.05) is 13.1 Å². The maximum Gasteiger partial charge on any atom is 0.311 e. The number of benzene rings is 1. The Labute approximate surface area is 119 Å². The van der Waals surface area contributed by atoms with Crippen LogP contribution in [0.25, 0.3) is 0 Å². The van der Waals surface area contributed by atoms with Crippen LogP contribution in [0.2, 0.25) is 0 Å². The normalized spacial score (nSPS) is 22.0. The summed E-state index contributed by atoms with van der Waals surface area (Å²) in [6, 6.07) is 7.88. The first-order chi connectivity index (χ1) is 9.47. The van der Waals surface area contributed by atoms with Crippen molar-refractivity contribution in [3.8, 4) is 0 Å². The molecule has 2 rings (SSSR count). The fourth-order valence-electron chi connectivity index (χ4n) is 2.69. The van der Waals surface area contributed by atoms with Crippen LogP contribution >= 0.6 is 0 Å². The summed E-state index contributed by atoms with van der Waals surface area (Å²) in [5.41, 5.74) is 1.39. The predicted molar refractivity (Wildman–Crippen MR) is 76.4 cm³/mol. The van der Waals surface area contributed by atoms with Crippen molar-refractivity contribution in [3.05, 3.63) is 35.4 Å². The van der Waals surface area contributed by atoms with Gasteiger partial charge in [-0.15, -0.1) is 0 Å². The number of hydrogen-bond acceptors (Lipinski definition) is 2. The van der Waals surface area contributed by atoms with Crippen molar-refractivity contribution in [2.75, 3.05) is 13.1 Å². The summed E-state index contributed by atoms with van der Waals surface area (Å²) in [6.45, 7) is 4.77. The zero-order valence-corrected chi connectivity index (χ0v) is 12.1. The molecule has 1 aliphatic rings. The van der Waals surface area contributed by atoms with Crippen LogP contribution in [0.3, 0.4) is 0 Å². The summed E-state index contributed by atoms with van der Waals surface area (Å²) in [6.07, 6.45) is 1.47. The van der Waals surface area contributed by atoms with Gasteiger partial charge in [-0.2, -0.15) is 0 Å². The predicted octanol–water partition coefficient (Wildman–Crippen LogP) is 2.25. The lowest BCUT2D eigenvalue weighted by molar-refractivity contribution is -0.148. The van der Waals surface area contributed by atoms with Crippen molar-refractivity contribution in [2.45, 2.75) is 33.1 Å². The second-order valence-corrected chi connectivity index (χ2v) is 5.67. The number of nitrogens with zero attached hydrogens (tertiary/aromatic N) is 1. The highest BCUT2D eigenvalue weighted by Gasteiger charge is 2.44. The quantitative estimate of drug-likeness (QED) is 0.917. The zero-order chi connectivity index (χ0) is 14.8. The Hall–Kier alpha value is -1.84. The second kappa shape index (κ2) is 5.65. The number of carboxylic acids is 1. The molecule has 4 heteroatoms. The van der Waals surface area contributed by atoms with Gasteiger partial charge in [0.05, 0.1) is 11.8 Å². The van der Waals surface area contributed by atoms with E-state index in [1.54, 1.807) is 4.90 Å². The summed E-state index contributed by atoms with van der Waals surface area (Å²) >= 11 is 0. The molecule has 0 aromatic heterocycles. The third-order valence-electron chi connectivity index (χ3n) is 4.31. The molecule has 0 radical (unpaired) electrons. The van der Waals surface area contributed by atoms with E-state index in [4.69, 9.17) is 0 Å². The average molecular weight is 275 g/mol. The maximum absolute atomic E-state index is 12.3. The molecule has 1 aromatic carbocycles. The summed E-state index contributed by atoms with van der Waals surface area (Å²) in [7, 11) is 0. The van der Waals surface area contributed by atoms with Crippen molar-refractivity contribution >= 4 is 11.9 Å². The SMILES string of the molecule is CCC1(C(=O)O)CCN(C(=O)Cc2ccc(C)cc2)C1. The number of amides is 1. The van der Waals surface area contributed by atoms with E-state index in [0.717, 1.165) is 5.56 Å². The molecule has 0 saturated carbocycles. The highest BCUT2D eigenvalue weighted by molar-refractivity contribution is 5.82. The van der Waals surface area contributed by atoms with Crippen molar-refractivity contribution in [1.29, 1.82) is 0 Å². The molecule has 20 heavy (non-hydrogen) atoms. The molecular weight excluding hydrogens is 254 g/mol. The van der Waals surface area contributed by atoms with Gasteiger partial charge in [0.2, 0.25) is 5.91 Å². The Balaban J connectivity index is 2.01. The van der Waals surface area contributed by atoms with Crippen LogP contribution in [0, 0.1) is 12.3 Å². The molecule has 0 aliphatic carbocycles. The number of aliphatic carboxylic acids is 1. The average Bonchev–Trinajstić information content (AvgIpc) is 2.87. The van der Waals surface area contributed by atoms with Gasteiger partial charge in [-0.25, -0.2) is 0 Å². The van der Waals surface area contributed by atoms with Gasteiger partial charge < -0.3 is 10.0 Å². The summed E-state index contributed by atoms with van der Waals surface area (Å²) < 4.78 is 0. The minimum atomic E-state index is -0.786. The van der Waals surface area contributed by atoms with Crippen LogP contribution in [-0.2, 0) is 16.0 Å². The molecule has 1 fully saturated rings. The maximum atomic E-state index is 12.3. The summed E-state index contributed by atoms with van der Waals surface area (Å²) in [5.74, 6) is -0.768. The Kier molecular flexibility index (Phi) is 4.12. The van der Waals surface area contributed by atoms with Crippen LogP contribution in [0.4, 0.5) is 0 Å². The van der Waals surface area contributed by atoms with E-state index in [1.807, 2.05) is 38.1 Å². The van der Waals surface area contributed by atoms with Crippen LogP contribution in [-0.4, -0.2) is 35.0 Å². The minimum absolute atomic E-state index is 0.0189. The van der Waals surface area contributed by atoms with Gasteiger partial charge in [-0.3, -0.25) is 9.59 Å². The second-order valence-electron chi connectivity index (χ2n) is 5.67. The fourth-order valence-corrected chi connectivity index (χ4v) is 2.69. The van der Waals surface area contributed by atoms with Crippen LogP contribution in [0.15, 0.2) is 24.3 Å². The lowest BCUT2D eigenvalue weighted by Gasteiger charge is -2.23. The molecule has 1 heterocycles. The molecule has 0 bridgehead atoms. The molecule has 1 aliphatic heterocycles. The van der Waals surface area contributed by atoms with Crippen LogP contribution in [0.5, 0.6) is 0 Å². The first kappa shape index (κ1) is 14.6. The third kappa shape index (κ3) is 2.84. The van der Waals surface area contributed by atoms with Crippen LogP contribution in [0.1, 0.15) is 30.9 Å². The van der Waals surface area contributed by atoms with Gasteiger partial charge >= 0.3 is 5.97 Å². The van der Waals surface area contributed by atoms with E-state index in [2.05, 4.69) is 0 Å². The van der Waals surface area contributed by atoms with Crippen molar-refractivity contribution < 1.29 is 14.7 Å². The number of carbonyl (C=O) groups is 2. The van der Waals surface area contributed by atoms with E-state index in [9.17, 15) is 14.7 Å². The monoisotopic (exact) mass is 275 g/mol. The molecule has 1 atom stereocenters. The minimum Gasteiger partial charge on any atom is -0.481 e. The molecule has 1 aromatic rings. The first-order valence-electron chi connectivity index (χ1n) is 7.03. The van der Waals surface area contributed by atoms with E-state index in [0.29, 0.717) is 32.4 Å². The molecule has 1 amide bonds. The standard InChI is InChI=1S/C16H21NO3/c1-3-16(15(19)20)8-9-17(11-16)14(18)10-13-6-4-12(2)5-7-13/h4-7H,3,8-11H2,1-2H3,(H,19,20). The lowest BCUT2D eigenvalue weighted by atomic mass is 9.84. The molecule has 4 nitrogen and oxygen atoms in total. The van der Waals surface area contributed by atoms with Gasteiger partial charge in [0.25, 0.3) is 0 Å². The smallest absolute Gasteiger partial charge is 0.311 e. The third-order valence-corrected chi connectivity index (χ3v) is 4.31. The van der Waals surface area contributed by atoms with Crippen molar-refractivity contribution in [2.24, 2.45) is 5.41 Å². The molecule has 1 N–H and O–H groups in total. The number of hydrogen-bond donors (Lipinski definition) is 1. The number of aryl methyl sites for hydroxylation is 1. The topological polar surface area (TPSA) is 57.6 Å². The number of carboxylic acid groups (broad SMARTS) is 1. The van der Waals surface area contributed by atoms with Crippen molar-refractivity contribution in [3.63, 3.8) is 0 Å².